The van der Waals surface area contributed by atoms with Crippen LogP contribution in [0.25, 0.3) is 0 Å². The highest BCUT2D eigenvalue weighted by Crippen LogP contribution is 2.28. The van der Waals surface area contributed by atoms with Gasteiger partial charge in [-0.2, -0.15) is 0 Å². The van der Waals surface area contributed by atoms with E-state index in [0.29, 0.717) is 6.04 Å². The molecular weight excluding hydrogens is 356 g/mol. The van der Waals surface area contributed by atoms with Crippen LogP contribution in [0.4, 0.5) is 5.69 Å². The first-order valence-corrected chi connectivity index (χ1v) is 8.16. The Morgan fingerprint density at radius 3 is 2.44 bits per heavy atom. The van der Waals surface area contributed by atoms with Crippen LogP contribution < -0.4 is 4.90 Å². The molecule has 0 bridgehead atoms. The van der Waals surface area contributed by atoms with Crippen LogP contribution in [0, 0.1) is 0 Å². The average molecular weight is 378 g/mol. The molecule has 2 nitrogen and oxygen atoms in total. The zero-order valence-electron chi connectivity index (χ0n) is 11.6. The predicted molar refractivity (Wildman–Crippen MR) is 87.8 cm³/mol. The summed E-state index contributed by atoms with van der Waals surface area (Å²) in [6.07, 6.45) is 0. The first-order valence-electron chi connectivity index (χ1n) is 6.25. The van der Waals surface area contributed by atoms with E-state index in [1.807, 2.05) is 0 Å². The maximum Gasteiger partial charge on any atom is 0.0410 e. The maximum atomic E-state index is 3.58. The van der Waals surface area contributed by atoms with Crippen molar-refractivity contribution in [1.29, 1.82) is 0 Å². The van der Waals surface area contributed by atoms with Gasteiger partial charge in [0, 0.05) is 34.6 Å². The summed E-state index contributed by atoms with van der Waals surface area (Å²) < 4.78 is 1.14. The molecule has 1 atom stereocenters. The lowest BCUT2D eigenvalue weighted by atomic mass is 10.1. The van der Waals surface area contributed by atoms with Gasteiger partial charge in [0.25, 0.3) is 0 Å². The standard InChI is InChI=1S/C14H22Br2N2/c1-5-18(11(2)10-17(3)4)14-7-6-13(16)8-12(14)9-15/h6-8,11H,5,9-10H2,1-4H3. The summed E-state index contributed by atoms with van der Waals surface area (Å²) in [5, 5.41) is 0.882. The van der Waals surface area contributed by atoms with Gasteiger partial charge in [0.15, 0.2) is 0 Å². The largest absolute Gasteiger partial charge is 0.368 e. The molecule has 0 aromatic heterocycles. The van der Waals surface area contributed by atoms with E-state index in [1.165, 1.54) is 11.3 Å². The third-order valence-corrected chi connectivity index (χ3v) is 4.09. The number of nitrogens with zero attached hydrogens (tertiary/aromatic N) is 2. The highest BCUT2D eigenvalue weighted by atomic mass is 79.9. The average Bonchev–Trinajstić information content (AvgIpc) is 2.30. The highest BCUT2D eigenvalue weighted by molar-refractivity contribution is 9.10. The Balaban J connectivity index is 3.00. The molecule has 0 heterocycles. The molecule has 0 saturated carbocycles. The van der Waals surface area contributed by atoms with Crippen molar-refractivity contribution in [2.75, 3.05) is 32.1 Å². The second-order valence-electron chi connectivity index (χ2n) is 4.80. The number of rotatable bonds is 6. The van der Waals surface area contributed by atoms with Gasteiger partial charge in [-0.15, -0.1) is 0 Å². The Morgan fingerprint density at radius 1 is 1.28 bits per heavy atom. The van der Waals surface area contributed by atoms with Crippen molar-refractivity contribution in [1.82, 2.24) is 4.90 Å². The van der Waals surface area contributed by atoms with E-state index >= 15 is 0 Å². The summed E-state index contributed by atoms with van der Waals surface area (Å²) in [5.41, 5.74) is 2.66. The van der Waals surface area contributed by atoms with Crippen LogP contribution in [0.3, 0.4) is 0 Å². The molecule has 4 heteroatoms. The highest BCUT2D eigenvalue weighted by Gasteiger charge is 2.16. The summed E-state index contributed by atoms with van der Waals surface area (Å²) in [7, 11) is 4.24. The third-order valence-electron chi connectivity index (χ3n) is 3.00. The van der Waals surface area contributed by atoms with Gasteiger partial charge in [0.2, 0.25) is 0 Å². The van der Waals surface area contributed by atoms with Crippen LogP contribution in [-0.4, -0.2) is 38.1 Å². The molecule has 0 spiro atoms. The zero-order chi connectivity index (χ0) is 13.7. The van der Waals surface area contributed by atoms with E-state index in [4.69, 9.17) is 0 Å². The van der Waals surface area contributed by atoms with Gasteiger partial charge >= 0.3 is 0 Å². The molecule has 0 aliphatic heterocycles. The van der Waals surface area contributed by atoms with Crippen LogP contribution in [0.1, 0.15) is 19.4 Å². The Labute approximate surface area is 128 Å². The van der Waals surface area contributed by atoms with E-state index < -0.39 is 0 Å². The van der Waals surface area contributed by atoms with E-state index in [2.05, 4.69) is 87.8 Å². The van der Waals surface area contributed by atoms with Gasteiger partial charge in [-0.1, -0.05) is 31.9 Å². The van der Waals surface area contributed by atoms with Gasteiger partial charge in [0.05, 0.1) is 0 Å². The van der Waals surface area contributed by atoms with Gasteiger partial charge < -0.3 is 9.80 Å². The van der Waals surface area contributed by atoms with Crippen LogP contribution in [0.2, 0.25) is 0 Å². The molecular formula is C14H22Br2N2. The van der Waals surface area contributed by atoms with Crippen molar-refractivity contribution in [3.05, 3.63) is 28.2 Å². The fourth-order valence-corrected chi connectivity index (χ4v) is 3.15. The number of alkyl halides is 1. The fourth-order valence-electron chi connectivity index (χ4n) is 2.29. The SMILES string of the molecule is CCN(c1ccc(Br)cc1CBr)C(C)CN(C)C. The van der Waals surface area contributed by atoms with Crippen molar-refractivity contribution in [3.8, 4) is 0 Å². The number of likely N-dealkylation sites (N-methyl/N-ethyl adjacent to an activating group) is 2. The van der Waals surface area contributed by atoms with E-state index in [-0.39, 0.29) is 0 Å². The Morgan fingerprint density at radius 2 is 1.94 bits per heavy atom. The van der Waals surface area contributed by atoms with Crippen molar-refractivity contribution in [2.24, 2.45) is 0 Å². The normalized spacial score (nSPS) is 12.8. The second kappa shape index (κ2) is 7.51. The quantitative estimate of drug-likeness (QED) is 0.688. The van der Waals surface area contributed by atoms with Crippen molar-refractivity contribution >= 4 is 37.5 Å². The van der Waals surface area contributed by atoms with Crippen molar-refractivity contribution in [3.63, 3.8) is 0 Å². The van der Waals surface area contributed by atoms with Gasteiger partial charge in [0.1, 0.15) is 0 Å². The molecule has 0 amide bonds. The molecule has 0 aliphatic carbocycles. The van der Waals surface area contributed by atoms with Crippen molar-refractivity contribution in [2.45, 2.75) is 25.2 Å². The fraction of sp³-hybridized carbons (Fsp3) is 0.571. The van der Waals surface area contributed by atoms with Gasteiger partial charge in [-0.3, -0.25) is 0 Å². The molecule has 0 N–H and O–H groups in total. The Bertz CT molecular complexity index is 380. The molecule has 0 saturated heterocycles. The number of hydrogen-bond acceptors (Lipinski definition) is 2. The summed E-state index contributed by atoms with van der Waals surface area (Å²) in [6.45, 7) is 6.58. The summed E-state index contributed by atoms with van der Waals surface area (Å²) in [6, 6.07) is 7.02. The molecule has 0 aliphatic rings. The molecule has 18 heavy (non-hydrogen) atoms. The minimum absolute atomic E-state index is 0.504. The summed E-state index contributed by atoms with van der Waals surface area (Å²) in [4.78, 5) is 4.70. The number of hydrogen-bond donors (Lipinski definition) is 0. The molecule has 1 rings (SSSR count). The lowest BCUT2D eigenvalue weighted by Crippen LogP contribution is -2.40. The van der Waals surface area contributed by atoms with Gasteiger partial charge in [-0.25, -0.2) is 0 Å². The number of anilines is 1. The van der Waals surface area contributed by atoms with Crippen molar-refractivity contribution < 1.29 is 0 Å². The minimum Gasteiger partial charge on any atom is -0.368 e. The Kier molecular flexibility index (Phi) is 6.67. The van der Waals surface area contributed by atoms with Crippen LogP contribution >= 0.6 is 31.9 Å². The minimum atomic E-state index is 0.504. The molecule has 1 aromatic rings. The van der Waals surface area contributed by atoms with E-state index in [0.717, 1.165) is 22.9 Å². The van der Waals surface area contributed by atoms with Crippen LogP contribution in [0.5, 0.6) is 0 Å². The monoisotopic (exact) mass is 376 g/mol. The lowest BCUT2D eigenvalue weighted by Gasteiger charge is -2.33. The summed E-state index contributed by atoms with van der Waals surface area (Å²) >= 11 is 7.12. The van der Waals surface area contributed by atoms with E-state index in [1.54, 1.807) is 0 Å². The number of benzene rings is 1. The molecule has 1 aromatic carbocycles. The predicted octanol–water partition coefficient (Wildman–Crippen LogP) is 4.12. The maximum absolute atomic E-state index is 3.58. The topological polar surface area (TPSA) is 6.48 Å². The molecule has 0 fully saturated rings. The third kappa shape index (κ3) is 4.25. The van der Waals surface area contributed by atoms with E-state index in [9.17, 15) is 0 Å². The lowest BCUT2D eigenvalue weighted by molar-refractivity contribution is 0.373. The second-order valence-corrected chi connectivity index (χ2v) is 6.28. The Hall–Kier alpha value is -0.0600. The first kappa shape index (κ1) is 16.0. The van der Waals surface area contributed by atoms with Crippen LogP contribution in [0.15, 0.2) is 22.7 Å². The first-order chi connectivity index (χ1) is 8.49. The smallest absolute Gasteiger partial charge is 0.0410 e. The summed E-state index contributed by atoms with van der Waals surface area (Å²) in [5.74, 6) is 0. The molecule has 0 radical (unpaired) electrons. The van der Waals surface area contributed by atoms with Gasteiger partial charge in [-0.05, 0) is 51.7 Å². The number of halogens is 2. The molecule has 102 valence electrons. The van der Waals surface area contributed by atoms with Crippen LogP contribution in [-0.2, 0) is 5.33 Å². The molecule has 1 unspecified atom stereocenters. The zero-order valence-corrected chi connectivity index (χ0v) is 14.8.